The number of hydrogen-bond acceptors (Lipinski definition) is 2. The van der Waals surface area contributed by atoms with Gasteiger partial charge in [-0.15, -0.1) is 0 Å². The van der Waals surface area contributed by atoms with E-state index in [2.05, 4.69) is 45.9 Å². The molecule has 0 heterocycles. The van der Waals surface area contributed by atoms with E-state index in [1.807, 2.05) is 24.3 Å². The van der Waals surface area contributed by atoms with Crippen molar-refractivity contribution in [3.63, 3.8) is 0 Å². The van der Waals surface area contributed by atoms with Crippen LogP contribution in [0.1, 0.15) is 68.4 Å². The quantitative estimate of drug-likeness (QED) is 0.381. The zero-order valence-electron chi connectivity index (χ0n) is 16.5. The Bertz CT molecular complexity index is 855. The molecule has 0 radical (unpaired) electrons. The van der Waals surface area contributed by atoms with E-state index in [1.54, 1.807) is 0 Å². The van der Waals surface area contributed by atoms with E-state index in [4.69, 9.17) is 4.74 Å². The zero-order valence-corrected chi connectivity index (χ0v) is 16.5. The normalized spacial score (nSPS) is 16.1. The van der Waals surface area contributed by atoms with Gasteiger partial charge in [0.15, 0.2) is 0 Å². The molecule has 0 atom stereocenters. The largest absolute Gasteiger partial charge is 0.427 e. The second-order valence-electron chi connectivity index (χ2n) is 8.05. The molecular formula is C24H28O2. The van der Waals surface area contributed by atoms with Crippen LogP contribution >= 0.6 is 0 Å². The minimum atomic E-state index is -0.295. The lowest BCUT2D eigenvalue weighted by atomic mass is 9.71. The van der Waals surface area contributed by atoms with E-state index in [-0.39, 0.29) is 11.4 Å². The Morgan fingerprint density at radius 2 is 1.81 bits per heavy atom. The molecule has 0 aromatic heterocycles. The first-order valence-electron chi connectivity index (χ1n) is 9.37. The average molecular weight is 348 g/mol. The maximum atomic E-state index is 11.0. The molecule has 0 saturated heterocycles. The Kier molecular flexibility index (Phi) is 5.04. The van der Waals surface area contributed by atoms with Crippen LogP contribution in [0, 0.1) is 6.92 Å². The first-order valence-corrected chi connectivity index (χ1v) is 9.37. The van der Waals surface area contributed by atoms with Gasteiger partial charge < -0.3 is 4.74 Å². The highest BCUT2D eigenvalue weighted by atomic mass is 16.5. The van der Waals surface area contributed by atoms with Crippen LogP contribution in [0.5, 0.6) is 5.75 Å². The number of ether oxygens (including phenoxy) is 1. The number of rotatable bonds is 3. The Labute approximate surface area is 156 Å². The summed E-state index contributed by atoms with van der Waals surface area (Å²) in [6.07, 6.45) is 5.92. The van der Waals surface area contributed by atoms with Gasteiger partial charge in [-0.05, 0) is 84.0 Å². The number of fused-ring (bicyclic) bond motifs is 1. The average Bonchev–Trinajstić information content (AvgIpc) is 2.55. The number of carbonyl (C=O) groups excluding carboxylic acids is 1. The van der Waals surface area contributed by atoms with Crippen molar-refractivity contribution in [1.29, 1.82) is 0 Å². The van der Waals surface area contributed by atoms with Gasteiger partial charge in [0.25, 0.3) is 0 Å². The highest BCUT2D eigenvalue weighted by molar-refractivity contribution is 5.82. The Morgan fingerprint density at radius 3 is 2.46 bits per heavy atom. The summed E-state index contributed by atoms with van der Waals surface area (Å²) in [5.41, 5.74) is 8.29. The smallest absolute Gasteiger partial charge is 0.308 e. The van der Waals surface area contributed by atoms with E-state index < -0.39 is 0 Å². The fourth-order valence-corrected chi connectivity index (χ4v) is 4.01. The van der Waals surface area contributed by atoms with Crippen LogP contribution in [0.15, 0.2) is 36.4 Å². The number of aryl methyl sites for hydroxylation is 2. The van der Waals surface area contributed by atoms with Crippen molar-refractivity contribution in [3.8, 4) is 5.75 Å². The summed E-state index contributed by atoms with van der Waals surface area (Å²) in [6.45, 7) is 10.5. The van der Waals surface area contributed by atoms with Gasteiger partial charge in [0.1, 0.15) is 5.75 Å². The first kappa shape index (κ1) is 18.4. The number of hydrogen-bond donors (Lipinski definition) is 0. The summed E-state index contributed by atoms with van der Waals surface area (Å²) in [5, 5.41) is 0. The minimum absolute atomic E-state index is 0.252. The molecule has 2 nitrogen and oxygen atoms in total. The highest BCUT2D eigenvalue weighted by Gasteiger charge is 2.28. The first-order chi connectivity index (χ1) is 12.3. The van der Waals surface area contributed by atoms with Crippen molar-refractivity contribution >= 4 is 17.6 Å². The van der Waals surface area contributed by atoms with Crippen LogP contribution < -0.4 is 4.74 Å². The van der Waals surface area contributed by atoms with Gasteiger partial charge in [-0.1, -0.05) is 44.2 Å². The molecule has 0 saturated carbocycles. The number of allylic oxidation sites excluding steroid dienone is 1. The van der Waals surface area contributed by atoms with Gasteiger partial charge in [0.2, 0.25) is 0 Å². The topological polar surface area (TPSA) is 26.3 Å². The SMILES string of the molecule is CC(=O)Oc1ccc(/C=C(\C)c2cc3c(cc2C)CCCC3(C)C)cc1. The predicted octanol–water partition coefficient (Wildman–Crippen LogP) is 6.09. The molecule has 0 bridgehead atoms. The molecule has 0 spiro atoms. The molecule has 1 aliphatic carbocycles. The van der Waals surface area contributed by atoms with Crippen LogP contribution in [0.4, 0.5) is 0 Å². The summed E-state index contributed by atoms with van der Waals surface area (Å²) >= 11 is 0. The van der Waals surface area contributed by atoms with Crippen molar-refractivity contribution in [2.45, 2.75) is 59.3 Å². The van der Waals surface area contributed by atoms with E-state index >= 15 is 0 Å². The van der Waals surface area contributed by atoms with Gasteiger partial charge in [-0.25, -0.2) is 0 Å². The summed E-state index contributed by atoms with van der Waals surface area (Å²) in [6, 6.07) is 12.4. The Morgan fingerprint density at radius 1 is 1.12 bits per heavy atom. The van der Waals surface area contributed by atoms with Crippen LogP contribution in [0.25, 0.3) is 11.6 Å². The molecule has 3 rings (SSSR count). The zero-order chi connectivity index (χ0) is 18.9. The van der Waals surface area contributed by atoms with Gasteiger partial charge in [0.05, 0.1) is 0 Å². The molecule has 2 aromatic rings. The van der Waals surface area contributed by atoms with Crippen LogP contribution in [0.2, 0.25) is 0 Å². The van der Waals surface area contributed by atoms with E-state index in [0.29, 0.717) is 5.75 Å². The van der Waals surface area contributed by atoms with Crippen LogP contribution in [-0.2, 0) is 16.6 Å². The van der Waals surface area contributed by atoms with Gasteiger partial charge >= 0.3 is 5.97 Å². The third kappa shape index (κ3) is 3.90. The summed E-state index contributed by atoms with van der Waals surface area (Å²) < 4.78 is 5.10. The maximum Gasteiger partial charge on any atom is 0.308 e. The summed E-state index contributed by atoms with van der Waals surface area (Å²) in [5.74, 6) is 0.288. The van der Waals surface area contributed by atoms with Crippen LogP contribution in [0.3, 0.4) is 0 Å². The fourth-order valence-electron chi connectivity index (χ4n) is 4.01. The lowest BCUT2D eigenvalue weighted by Crippen LogP contribution is -2.24. The minimum Gasteiger partial charge on any atom is -0.427 e. The Balaban J connectivity index is 1.93. The standard InChI is InChI=1S/C24H28O2/c1-16(13-19-8-10-21(11-9-19)26-18(3)25)22-15-23-20(14-17(22)2)7-6-12-24(23,4)5/h8-11,13-15H,6-7,12H2,1-5H3/b16-13+. The number of benzene rings is 2. The molecule has 0 unspecified atom stereocenters. The van der Waals surface area contributed by atoms with E-state index in [9.17, 15) is 4.79 Å². The number of carbonyl (C=O) groups is 1. The molecule has 26 heavy (non-hydrogen) atoms. The molecule has 2 aromatic carbocycles. The molecular weight excluding hydrogens is 320 g/mol. The Hall–Kier alpha value is -2.35. The van der Waals surface area contributed by atoms with Crippen molar-refractivity contribution in [3.05, 3.63) is 64.2 Å². The highest BCUT2D eigenvalue weighted by Crippen LogP contribution is 2.39. The van der Waals surface area contributed by atoms with Crippen LogP contribution in [-0.4, -0.2) is 5.97 Å². The summed E-state index contributed by atoms with van der Waals surface area (Å²) in [4.78, 5) is 11.0. The fraction of sp³-hybridized carbons (Fsp3) is 0.375. The van der Waals surface area contributed by atoms with Crippen molar-refractivity contribution < 1.29 is 9.53 Å². The molecule has 1 aliphatic rings. The van der Waals surface area contributed by atoms with Gasteiger partial charge in [0, 0.05) is 6.92 Å². The van der Waals surface area contributed by atoms with Gasteiger partial charge in [-0.2, -0.15) is 0 Å². The number of esters is 1. The van der Waals surface area contributed by atoms with Gasteiger partial charge in [-0.3, -0.25) is 4.79 Å². The molecule has 2 heteroatoms. The lowest BCUT2D eigenvalue weighted by Gasteiger charge is -2.33. The monoisotopic (exact) mass is 348 g/mol. The second kappa shape index (κ2) is 7.11. The predicted molar refractivity (Wildman–Crippen MR) is 108 cm³/mol. The van der Waals surface area contributed by atoms with E-state index in [0.717, 1.165) is 5.56 Å². The third-order valence-electron chi connectivity index (χ3n) is 5.38. The van der Waals surface area contributed by atoms with Crippen molar-refractivity contribution in [1.82, 2.24) is 0 Å². The van der Waals surface area contributed by atoms with Crippen molar-refractivity contribution in [2.75, 3.05) is 0 Å². The second-order valence-corrected chi connectivity index (χ2v) is 8.05. The molecule has 136 valence electrons. The maximum absolute atomic E-state index is 11.0. The van der Waals surface area contributed by atoms with E-state index in [1.165, 1.54) is 54.0 Å². The molecule has 0 aliphatic heterocycles. The molecule has 0 fully saturated rings. The lowest BCUT2D eigenvalue weighted by molar-refractivity contribution is -0.131. The van der Waals surface area contributed by atoms with Crippen molar-refractivity contribution in [2.24, 2.45) is 0 Å². The third-order valence-corrected chi connectivity index (χ3v) is 5.38. The summed E-state index contributed by atoms with van der Waals surface area (Å²) in [7, 11) is 0. The molecule has 0 amide bonds. The molecule has 0 N–H and O–H groups in total.